The molecule has 0 spiro atoms. The Kier molecular flexibility index (Phi) is 3.72. The minimum absolute atomic E-state index is 0.155. The maximum Gasteiger partial charge on any atom is 0.303 e. The number of nitrogens with zero attached hydrogens (tertiary/aromatic N) is 3. The smallest absolute Gasteiger partial charge is 0.303 e. The predicted molar refractivity (Wildman–Crippen MR) is 67.1 cm³/mol. The molecule has 5 heteroatoms. The molecular weight excluding hydrogens is 230 g/mol. The summed E-state index contributed by atoms with van der Waals surface area (Å²) in [5.74, 6) is -0.0796. The molecule has 2 aromatic rings. The average molecular weight is 245 g/mol. The van der Waals surface area contributed by atoms with Gasteiger partial charge in [-0.15, -0.1) is 0 Å². The van der Waals surface area contributed by atoms with Gasteiger partial charge in [-0.3, -0.25) is 9.48 Å². The van der Waals surface area contributed by atoms with Gasteiger partial charge in [0.15, 0.2) is 5.82 Å². The van der Waals surface area contributed by atoms with Crippen molar-refractivity contribution in [1.82, 2.24) is 14.8 Å². The molecule has 1 heterocycles. The van der Waals surface area contributed by atoms with Crippen LogP contribution >= 0.6 is 0 Å². The number of hydrogen-bond donors (Lipinski definition) is 1. The summed E-state index contributed by atoms with van der Waals surface area (Å²) in [7, 11) is 0. The Morgan fingerprint density at radius 1 is 1.33 bits per heavy atom. The Hall–Kier alpha value is -2.17. The van der Waals surface area contributed by atoms with Crippen LogP contribution in [0.3, 0.4) is 0 Å². The number of carboxylic acids is 1. The Morgan fingerprint density at radius 3 is 2.61 bits per heavy atom. The topological polar surface area (TPSA) is 68.0 Å². The molecule has 0 saturated heterocycles. The van der Waals surface area contributed by atoms with Crippen LogP contribution in [0.2, 0.25) is 0 Å². The largest absolute Gasteiger partial charge is 0.481 e. The van der Waals surface area contributed by atoms with Crippen LogP contribution in [0.15, 0.2) is 30.6 Å². The van der Waals surface area contributed by atoms with E-state index in [0.717, 1.165) is 17.7 Å². The summed E-state index contributed by atoms with van der Waals surface area (Å²) < 4.78 is 1.77. The van der Waals surface area contributed by atoms with Gasteiger partial charge in [-0.05, 0) is 18.9 Å². The fourth-order valence-electron chi connectivity index (χ4n) is 1.65. The average Bonchev–Trinajstić information content (AvgIpc) is 2.85. The van der Waals surface area contributed by atoms with E-state index in [0.29, 0.717) is 12.2 Å². The molecule has 0 bridgehead atoms. The molecule has 0 aliphatic rings. The van der Waals surface area contributed by atoms with Gasteiger partial charge < -0.3 is 5.11 Å². The van der Waals surface area contributed by atoms with Gasteiger partial charge in [0.05, 0.1) is 0 Å². The number of carboxylic acid groups (broad SMARTS) is 1. The number of aromatic nitrogens is 3. The first-order valence-corrected chi connectivity index (χ1v) is 5.89. The molecule has 1 aromatic heterocycles. The molecule has 0 fully saturated rings. The van der Waals surface area contributed by atoms with Crippen molar-refractivity contribution in [1.29, 1.82) is 0 Å². The SMILES string of the molecule is CCn1cnc(-c2ccc(CCC(=O)O)cc2)n1. The zero-order valence-corrected chi connectivity index (χ0v) is 10.2. The van der Waals surface area contributed by atoms with Crippen molar-refractivity contribution >= 4 is 5.97 Å². The van der Waals surface area contributed by atoms with Crippen LogP contribution in [0.4, 0.5) is 0 Å². The molecule has 1 aromatic carbocycles. The fourth-order valence-corrected chi connectivity index (χ4v) is 1.65. The maximum atomic E-state index is 10.5. The van der Waals surface area contributed by atoms with Crippen LogP contribution in [0.5, 0.6) is 0 Å². The zero-order chi connectivity index (χ0) is 13.0. The van der Waals surface area contributed by atoms with Crippen molar-refractivity contribution < 1.29 is 9.90 Å². The summed E-state index contributed by atoms with van der Waals surface area (Å²) in [5.41, 5.74) is 1.96. The molecule has 1 N–H and O–H groups in total. The second kappa shape index (κ2) is 5.44. The van der Waals surface area contributed by atoms with Crippen LogP contribution in [-0.4, -0.2) is 25.8 Å². The van der Waals surface area contributed by atoms with Crippen molar-refractivity contribution in [2.45, 2.75) is 26.3 Å². The van der Waals surface area contributed by atoms with Crippen LogP contribution in [0.25, 0.3) is 11.4 Å². The molecular formula is C13H15N3O2. The first kappa shape index (κ1) is 12.3. The molecule has 0 unspecified atom stereocenters. The van der Waals surface area contributed by atoms with Crippen LogP contribution < -0.4 is 0 Å². The van der Waals surface area contributed by atoms with Crippen molar-refractivity contribution in [2.24, 2.45) is 0 Å². The van der Waals surface area contributed by atoms with Gasteiger partial charge in [-0.2, -0.15) is 5.10 Å². The molecule has 0 amide bonds. The quantitative estimate of drug-likeness (QED) is 0.874. The van der Waals surface area contributed by atoms with E-state index < -0.39 is 5.97 Å². The highest BCUT2D eigenvalue weighted by molar-refractivity contribution is 5.67. The minimum Gasteiger partial charge on any atom is -0.481 e. The molecule has 2 rings (SSSR count). The van der Waals surface area contributed by atoms with E-state index in [-0.39, 0.29) is 6.42 Å². The second-order valence-corrected chi connectivity index (χ2v) is 4.01. The highest BCUT2D eigenvalue weighted by atomic mass is 16.4. The number of benzene rings is 1. The minimum atomic E-state index is -0.776. The summed E-state index contributed by atoms with van der Waals surface area (Å²) >= 11 is 0. The van der Waals surface area contributed by atoms with E-state index in [1.54, 1.807) is 11.0 Å². The Morgan fingerprint density at radius 2 is 2.06 bits per heavy atom. The molecule has 0 aliphatic carbocycles. The van der Waals surface area contributed by atoms with Crippen molar-refractivity contribution in [3.63, 3.8) is 0 Å². The van der Waals surface area contributed by atoms with Crippen molar-refractivity contribution in [3.8, 4) is 11.4 Å². The molecule has 0 atom stereocenters. The molecule has 0 saturated carbocycles. The van der Waals surface area contributed by atoms with Crippen LogP contribution in [0.1, 0.15) is 18.9 Å². The number of aliphatic carboxylic acids is 1. The summed E-state index contributed by atoms with van der Waals surface area (Å²) in [5, 5.41) is 12.9. The van der Waals surface area contributed by atoms with E-state index in [1.165, 1.54) is 0 Å². The number of carbonyl (C=O) groups is 1. The Balaban J connectivity index is 2.09. The van der Waals surface area contributed by atoms with E-state index in [9.17, 15) is 4.79 Å². The molecule has 94 valence electrons. The lowest BCUT2D eigenvalue weighted by atomic mass is 10.1. The molecule has 0 radical (unpaired) electrons. The normalized spacial score (nSPS) is 10.5. The zero-order valence-electron chi connectivity index (χ0n) is 10.2. The maximum absolute atomic E-state index is 10.5. The highest BCUT2D eigenvalue weighted by Crippen LogP contribution is 2.15. The fraction of sp³-hybridized carbons (Fsp3) is 0.308. The summed E-state index contributed by atoms with van der Waals surface area (Å²) in [6.45, 7) is 2.80. The summed E-state index contributed by atoms with van der Waals surface area (Å²) in [4.78, 5) is 14.7. The van der Waals surface area contributed by atoms with Gasteiger partial charge in [0.25, 0.3) is 0 Å². The standard InChI is InChI=1S/C13H15N3O2/c1-2-16-9-14-13(15-16)11-6-3-10(4-7-11)5-8-12(17)18/h3-4,6-7,9H,2,5,8H2,1H3,(H,17,18). The monoisotopic (exact) mass is 245 g/mol. The lowest BCUT2D eigenvalue weighted by molar-refractivity contribution is -0.136. The van der Waals surface area contributed by atoms with E-state index in [4.69, 9.17) is 5.11 Å². The van der Waals surface area contributed by atoms with Crippen molar-refractivity contribution in [2.75, 3.05) is 0 Å². The van der Waals surface area contributed by atoms with E-state index in [1.807, 2.05) is 31.2 Å². The first-order chi connectivity index (χ1) is 8.69. The van der Waals surface area contributed by atoms with Gasteiger partial charge in [-0.1, -0.05) is 24.3 Å². The third-order valence-corrected chi connectivity index (χ3v) is 2.70. The molecule has 18 heavy (non-hydrogen) atoms. The van der Waals surface area contributed by atoms with Crippen LogP contribution in [0, 0.1) is 0 Å². The number of hydrogen-bond acceptors (Lipinski definition) is 3. The summed E-state index contributed by atoms with van der Waals surface area (Å²) in [6, 6.07) is 7.69. The third-order valence-electron chi connectivity index (χ3n) is 2.70. The van der Waals surface area contributed by atoms with Gasteiger partial charge >= 0.3 is 5.97 Å². The number of rotatable bonds is 5. The molecule has 0 aliphatic heterocycles. The van der Waals surface area contributed by atoms with Crippen LogP contribution in [-0.2, 0) is 17.8 Å². The first-order valence-electron chi connectivity index (χ1n) is 5.89. The van der Waals surface area contributed by atoms with Gasteiger partial charge in [-0.25, -0.2) is 4.98 Å². The molecule has 5 nitrogen and oxygen atoms in total. The summed E-state index contributed by atoms with van der Waals surface area (Å²) in [6.07, 6.45) is 2.40. The van der Waals surface area contributed by atoms with Crippen molar-refractivity contribution in [3.05, 3.63) is 36.2 Å². The highest BCUT2D eigenvalue weighted by Gasteiger charge is 2.04. The van der Waals surface area contributed by atoms with E-state index in [2.05, 4.69) is 10.1 Å². The predicted octanol–water partition coefficient (Wildman–Crippen LogP) is 1.98. The second-order valence-electron chi connectivity index (χ2n) is 4.01. The van der Waals surface area contributed by atoms with Gasteiger partial charge in [0.2, 0.25) is 0 Å². The lowest BCUT2D eigenvalue weighted by Crippen LogP contribution is -1.97. The number of aryl methyl sites for hydroxylation is 2. The lowest BCUT2D eigenvalue weighted by Gasteiger charge is -2.00. The Bertz CT molecular complexity index is 531. The van der Waals surface area contributed by atoms with Gasteiger partial charge in [0.1, 0.15) is 6.33 Å². The third kappa shape index (κ3) is 2.94. The van der Waals surface area contributed by atoms with Gasteiger partial charge in [0, 0.05) is 18.5 Å². The van der Waals surface area contributed by atoms with E-state index >= 15 is 0 Å². The Labute approximate surface area is 105 Å².